The van der Waals surface area contributed by atoms with Gasteiger partial charge in [0.05, 0.1) is 22.9 Å². The molecule has 0 radical (unpaired) electrons. The molecule has 24 heavy (non-hydrogen) atoms. The third-order valence-corrected chi connectivity index (χ3v) is 3.99. The topological polar surface area (TPSA) is 64.2 Å². The van der Waals surface area contributed by atoms with Crippen LogP contribution in [0.25, 0.3) is 16.6 Å². The molecule has 0 spiro atoms. The lowest BCUT2D eigenvalue weighted by atomic mass is 10.3. The van der Waals surface area contributed by atoms with Crippen LogP contribution in [0.1, 0.15) is 16.9 Å². The minimum atomic E-state index is -0.144. The molecule has 120 valence electrons. The fraction of sp³-hybridized carbons (Fsp3) is 0.167. The Morgan fingerprint density at radius 2 is 2.00 bits per heavy atom. The smallest absolute Gasteiger partial charge is 0.271 e. The van der Waals surface area contributed by atoms with Crippen LogP contribution in [0.4, 0.5) is 0 Å². The summed E-state index contributed by atoms with van der Waals surface area (Å²) in [5.41, 5.74) is 3.46. The van der Waals surface area contributed by atoms with Gasteiger partial charge < -0.3 is 9.88 Å². The van der Waals surface area contributed by atoms with Gasteiger partial charge in [-0.1, -0.05) is 18.2 Å². The largest absolute Gasteiger partial charge is 0.351 e. The molecule has 4 rings (SSSR count). The van der Waals surface area contributed by atoms with Crippen molar-refractivity contribution in [3.8, 4) is 0 Å². The number of fused-ring (bicyclic) bond motifs is 2. The molecule has 4 aromatic rings. The zero-order valence-corrected chi connectivity index (χ0v) is 13.1. The van der Waals surface area contributed by atoms with E-state index in [1.54, 1.807) is 10.6 Å². The van der Waals surface area contributed by atoms with Gasteiger partial charge in [-0.25, -0.2) is 9.50 Å². The molecule has 0 bridgehead atoms. The number of benzene rings is 1. The molecule has 6 heteroatoms. The number of para-hydroxylation sites is 2. The summed E-state index contributed by atoms with van der Waals surface area (Å²) < 4.78 is 3.80. The molecule has 0 saturated carbocycles. The molecule has 0 unspecified atom stereocenters. The summed E-state index contributed by atoms with van der Waals surface area (Å²) in [6.07, 6.45) is 4.50. The van der Waals surface area contributed by atoms with Crippen LogP contribution in [0.2, 0.25) is 0 Å². The Morgan fingerprint density at radius 3 is 2.92 bits per heavy atom. The van der Waals surface area contributed by atoms with Crippen LogP contribution in [0.5, 0.6) is 0 Å². The predicted molar refractivity (Wildman–Crippen MR) is 91.9 cm³/mol. The number of imidazole rings is 1. The quantitative estimate of drug-likeness (QED) is 0.575. The van der Waals surface area contributed by atoms with E-state index in [1.807, 2.05) is 48.9 Å². The Hall–Kier alpha value is -3.15. The highest BCUT2D eigenvalue weighted by Crippen LogP contribution is 2.12. The summed E-state index contributed by atoms with van der Waals surface area (Å²) in [6, 6.07) is 15.6. The Balaban J connectivity index is 1.34. The Labute approximate surface area is 138 Å². The van der Waals surface area contributed by atoms with Gasteiger partial charge in [-0.2, -0.15) is 5.10 Å². The van der Waals surface area contributed by atoms with Gasteiger partial charge in [-0.05, 0) is 36.8 Å². The molecule has 0 saturated heterocycles. The lowest BCUT2D eigenvalue weighted by molar-refractivity contribution is 0.0947. The number of aromatic nitrogens is 4. The average molecular weight is 319 g/mol. The van der Waals surface area contributed by atoms with Crippen LogP contribution in [-0.4, -0.2) is 31.6 Å². The number of carbonyl (C=O) groups is 1. The average Bonchev–Trinajstić information content (AvgIpc) is 3.23. The van der Waals surface area contributed by atoms with Gasteiger partial charge in [0.1, 0.15) is 0 Å². The zero-order chi connectivity index (χ0) is 16.4. The minimum Gasteiger partial charge on any atom is -0.351 e. The van der Waals surface area contributed by atoms with Crippen LogP contribution in [-0.2, 0) is 6.54 Å². The summed E-state index contributed by atoms with van der Waals surface area (Å²) >= 11 is 0. The molecule has 1 aromatic carbocycles. The standard InChI is InChI=1S/C18H17N5O/c24-18(16-12-14-6-3-4-11-23(14)21-16)19-9-5-10-22-13-20-15-7-1-2-8-17(15)22/h1-4,6-8,11-13H,5,9-10H2,(H,19,24). The second kappa shape index (κ2) is 6.16. The molecule has 1 amide bonds. The van der Waals surface area contributed by atoms with E-state index in [2.05, 4.69) is 26.0 Å². The van der Waals surface area contributed by atoms with E-state index in [1.165, 1.54) is 0 Å². The van der Waals surface area contributed by atoms with Gasteiger partial charge in [0.2, 0.25) is 0 Å². The molecular weight excluding hydrogens is 302 g/mol. The van der Waals surface area contributed by atoms with Crippen molar-refractivity contribution in [3.05, 3.63) is 66.7 Å². The van der Waals surface area contributed by atoms with Crippen molar-refractivity contribution in [2.45, 2.75) is 13.0 Å². The van der Waals surface area contributed by atoms with Crippen molar-refractivity contribution in [1.29, 1.82) is 0 Å². The van der Waals surface area contributed by atoms with Gasteiger partial charge in [-0.3, -0.25) is 4.79 Å². The number of nitrogens with zero attached hydrogens (tertiary/aromatic N) is 4. The first kappa shape index (κ1) is 14.4. The summed E-state index contributed by atoms with van der Waals surface area (Å²) in [5, 5.41) is 7.19. The lowest BCUT2D eigenvalue weighted by Gasteiger charge is -2.05. The second-order valence-corrected chi connectivity index (χ2v) is 5.64. The molecule has 6 nitrogen and oxygen atoms in total. The molecule has 0 aliphatic rings. The molecule has 0 fully saturated rings. The fourth-order valence-electron chi connectivity index (χ4n) is 2.78. The number of aryl methyl sites for hydroxylation is 1. The maximum Gasteiger partial charge on any atom is 0.271 e. The van der Waals surface area contributed by atoms with Crippen molar-refractivity contribution in [1.82, 2.24) is 24.5 Å². The highest BCUT2D eigenvalue weighted by molar-refractivity contribution is 5.93. The zero-order valence-electron chi connectivity index (χ0n) is 13.1. The number of carbonyl (C=O) groups excluding carboxylic acids is 1. The maximum atomic E-state index is 12.2. The van der Waals surface area contributed by atoms with E-state index >= 15 is 0 Å². The van der Waals surface area contributed by atoms with Crippen molar-refractivity contribution < 1.29 is 4.79 Å². The number of rotatable bonds is 5. The number of amides is 1. The van der Waals surface area contributed by atoms with Crippen LogP contribution < -0.4 is 5.32 Å². The van der Waals surface area contributed by atoms with Gasteiger partial charge in [0.15, 0.2) is 5.69 Å². The SMILES string of the molecule is O=C(NCCCn1cnc2ccccc21)c1cc2ccccn2n1. The Bertz CT molecular complexity index is 968. The molecule has 0 atom stereocenters. The second-order valence-electron chi connectivity index (χ2n) is 5.64. The summed E-state index contributed by atoms with van der Waals surface area (Å²) in [7, 11) is 0. The fourth-order valence-corrected chi connectivity index (χ4v) is 2.78. The van der Waals surface area contributed by atoms with E-state index in [4.69, 9.17) is 0 Å². The molecule has 1 N–H and O–H groups in total. The number of nitrogens with one attached hydrogen (secondary N) is 1. The van der Waals surface area contributed by atoms with E-state index in [9.17, 15) is 4.79 Å². The van der Waals surface area contributed by atoms with Gasteiger partial charge >= 0.3 is 0 Å². The Kier molecular flexibility index (Phi) is 3.70. The minimum absolute atomic E-state index is 0.144. The highest BCUT2D eigenvalue weighted by Gasteiger charge is 2.10. The first-order valence-corrected chi connectivity index (χ1v) is 7.94. The summed E-state index contributed by atoms with van der Waals surface area (Å²) in [4.78, 5) is 16.5. The van der Waals surface area contributed by atoms with Crippen LogP contribution >= 0.6 is 0 Å². The number of pyridine rings is 1. The lowest BCUT2D eigenvalue weighted by Crippen LogP contribution is -2.25. The van der Waals surface area contributed by atoms with Gasteiger partial charge in [0, 0.05) is 19.3 Å². The van der Waals surface area contributed by atoms with Crippen LogP contribution in [0.3, 0.4) is 0 Å². The normalized spacial score (nSPS) is 11.2. The van der Waals surface area contributed by atoms with Crippen molar-refractivity contribution in [3.63, 3.8) is 0 Å². The van der Waals surface area contributed by atoms with E-state index in [-0.39, 0.29) is 5.91 Å². The third-order valence-electron chi connectivity index (χ3n) is 3.99. The number of hydrogen-bond donors (Lipinski definition) is 1. The van der Waals surface area contributed by atoms with E-state index in [0.29, 0.717) is 12.2 Å². The molecular formula is C18H17N5O. The molecule has 3 heterocycles. The van der Waals surface area contributed by atoms with Gasteiger partial charge in [-0.15, -0.1) is 0 Å². The van der Waals surface area contributed by atoms with Crippen LogP contribution in [0, 0.1) is 0 Å². The molecule has 3 aromatic heterocycles. The monoisotopic (exact) mass is 319 g/mol. The van der Waals surface area contributed by atoms with Crippen molar-refractivity contribution in [2.75, 3.05) is 6.54 Å². The summed E-state index contributed by atoms with van der Waals surface area (Å²) in [6.45, 7) is 1.41. The Morgan fingerprint density at radius 1 is 1.12 bits per heavy atom. The molecule has 0 aliphatic heterocycles. The first-order chi connectivity index (χ1) is 11.8. The van der Waals surface area contributed by atoms with Crippen molar-refractivity contribution in [2.24, 2.45) is 0 Å². The number of hydrogen-bond acceptors (Lipinski definition) is 3. The third kappa shape index (κ3) is 2.74. The summed E-state index contributed by atoms with van der Waals surface area (Å²) in [5.74, 6) is -0.144. The maximum absolute atomic E-state index is 12.2. The van der Waals surface area contributed by atoms with Crippen molar-refractivity contribution >= 4 is 22.5 Å². The first-order valence-electron chi connectivity index (χ1n) is 7.94. The van der Waals surface area contributed by atoms with E-state index < -0.39 is 0 Å². The highest BCUT2D eigenvalue weighted by atomic mass is 16.1. The van der Waals surface area contributed by atoms with Gasteiger partial charge in [0.25, 0.3) is 5.91 Å². The predicted octanol–water partition coefficient (Wildman–Crippen LogP) is 2.50. The molecule has 0 aliphatic carbocycles. The van der Waals surface area contributed by atoms with Crippen LogP contribution in [0.15, 0.2) is 61.1 Å². The van der Waals surface area contributed by atoms with E-state index in [0.717, 1.165) is 29.5 Å².